The monoisotopic (exact) mass is 329 g/mol. The molecule has 0 aliphatic heterocycles. The third-order valence-electron chi connectivity index (χ3n) is 2.98. The topological polar surface area (TPSA) is 118 Å². The molecule has 8 nitrogen and oxygen atoms in total. The van der Waals surface area contributed by atoms with Crippen LogP contribution in [0, 0.1) is 0 Å². The second-order valence-corrected chi connectivity index (χ2v) is 4.93. The van der Waals surface area contributed by atoms with Gasteiger partial charge in [0.15, 0.2) is 0 Å². The van der Waals surface area contributed by atoms with Gasteiger partial charge in [0, 0.05) is 12.7 Å². The van der Waals surface area contributed by atoms with Crippen molar-refractivity contribution in [2.24, 2.45) is 0 Å². The molecule has 0 radical (unpaired) electrons. The number of rotatable bonds is 7. The maximum Gasteiger partial charge on any atom is 0.315 e. The summed E-state index contributed by atoms with van der Waals surface area (Å²) in [6, 6.07) is 12.3. The van der Waals surface area contributed by atoms with Gasteiger partial charge >= 0.3 is 6.03 Å². The van der Waals surface area contributed by atoms with E-state index >= 15 is 0 Å². The molecule has 1 heterocycles. The predicted molar refractivity (Wildman–Crippen MR) is 88.3 cm³/mol. The Bertz CT molecular complexity index is 661. The Morgan fingerprint density at radius 1 is 1.04 bits per heavy atom. The number of hydroxylamine groups is 1. The average Bonchev–Trinajstić information content (AvgIpc) is 2.60. The minimum absolute atomic E-state index is 0.194. The fourth-order valence-corrected chi connectivity index (χ4v) is 1.76. The Kier molecular flexibility index (Phi) is 6.54. The molecule has 2 aromatic rings. The van der Waals surface area contributed by atoms with Crippen LogP contribution in [0.2, 0.25) is 0 Å². The molecule has 2 rings (SSSR count). The summed E-state index contributed by atoms with van der Waals surface area (Å²) in [5.74, 6) is -0.0365. The van der Waals surface area contributed by atoms with Crippen LogP contribution in [0.3, 0.4) is 0 Å². The van der Waals surface area contributed by atoms with Crippen LogP contribution in [-0.4, -0.2) is 23.5 Å². The zero-order valence-corrected chi connectivity index (χ0v) is 13.0. The summed E-state index contributed by atoms with van der Waals surface area (Å²) in [7, 11) is 0. The van der Waals surface area contributed by atoms with Gasteiger partial charge in [0.2, 0.25) is 0 Å². The van der Waals surface area contributed by atoms with E-state index < -0.39 is 11.9 Å². The molecule has 0 aliphatic rings. The molecule has 0 spiro atoms. The first kappa shape index (κ1) is 17.2. The van der Waals surface area contributed by atoms with E-state index in [9.17, 15) is 9.59 Å². The number of nitrogens with zero attached hydrogens (tertiary/aromatic N) is 1. The molecule has 1 aromatic carbocycles. The molecular formula is C16H19N5O3. The zero-order chi connectivity index (χ0) is 17.2. The van der Waals surface area contributed by atoms with Crippen molar-refractivity contribution in [2.75, 3.05) is 12.3 Å². The maximum absolute atomic E-state index is 11.6. The van der Waals surface area contributed by atoms with Crippen LogP contribution >= 0.6 is 0 Å². The van der Waals surface area contributed by atoms with Crippen molar-refractivity contribution in [3.8, 4) is 0 Å². The minimum atomic E-state index is -0.468. The number of amides is 3. The number of carbonyl (C=O) groups excluding carboxylic acids is 2. The van der Waals surface area contributed by atoms with E-state index in [1.807, 2.05) is 30.3 Å². The van der Waals surface area contributed by atoms with Crippen LogP contribution < -0.4 is 21.8 Å². The highest BCUT2D eigenvalue weighted by Gasteiger charge is 2.05. The van der Waals surface area contributed by atoms with Crippen LogP contribution in [0.1, 0.15) is 11.1 Å². The smallest absolute Gasteiger partial charge is 0.315 e. The number of hydrogen-bond donors (Lipinski definition) is 4. The van der Waals surface area contributed by atoms with Gasteiger partial charge in [-0.25, -0.2) is 15.3 Å². The van der Waals surface area contributed by atoms with Crippen LogP contribution in [0.4, 0.5) is 10.6 Å². The number of nitrogen functional groups attached to an aromatic ring is 1. The first-order valence-corrected chi connectivity index (χ1v) is 7.30. The van der Waals surface area contributed by atoms with E-state index in [-0.39, 0.29) is 19.7 Å². The van der Waals surface area contributed by atoms with Gasteiger partial charge in [0.05, 0.1) is 6.61 Å². The second-order valence-electron chi connectivity index (χ2n) is 4.93. The molecule has 0 bridgehead atoms. The van der Waals surface area contributed by atoms with Crippen molar-refractivity contribution in [3.63, 3.8) is 0 Å². The highest BCUT2D eigenvalue weighted by molar-refractivity contribution is 5.83. The number of nitrogens with one attached hydrogen (secondary N) is 3. The van der Waals surface area contributed by atoms with Crippen LogP contribution in [-0.2, 0) is 22.8 Å². The molecule has 0 saturated heterocycles. The average molecular weight is 329 g/mol. The number of aromatic nitrogens is 1. The van der Waals surface area contributed by atoms with Crippen molar-refractivity contribution in [3.05, 3.63) is 59.8 Å². The van der Waals surface area contributed by atoms with Gasteiger partial charge in [-0.3, -0.25) is 9.63 Å². The SMILES string of the molecule is Nc1ccc(CNC(=O)NCC(=O)NOCc2ccccc2)cn1. The quantitative estimate of drug-likeness (QED) is 0.558. The van der Waals surface area contributed by atoms with Gasteiger partial charge in [-0.2, -0.15) is 0 Å². The summed E-state index contributed by atoms with van der Waals surface area (Å²) in [6.07, 6.45) is 1.57. The van der Waals surface area contributed by atoms with Gasteiger partial charge in [-0.05, 0) is 17.2 Å². The van der Waals surface area contributed by atoms with Crippen molar-refractivity contribution in [1.82, 2.24) is 21.1 Å². The van der Waals surface area contributed by atoms with Crippen molar-refractivity contribution in [1.29, 1.82) is 0 Å². The summed E-state index contributed by atoms with van der Waals surface area (Å²) in [4.78, 5) is 32.1. The van der Waals surface area contributed by atoms with Crippen LogP contribution in [0.5, 0.6) is 0 Å². The maximum atomic E-state index is 11.6. The highest BCUT2D eigenvalue weighted by Crippen LogP contribution is 2.00. The molecule has 0 saturated carbocycles. The van der Waals surface area contributed by atoms with E-state index in [1.54, 1.807) is 18.3 Å². The van der Waals surface area contributed by atoms with E-state index in [0.29, 0.717) is 5.82 Å². The molecule has 0 unspecified atom stereocenters. The zero-order valence-electron chi connectivity index (χ0n) is 13.0. The summed E-state index contributed by atoms with van der Waals surface area (Å²) in [5.41, 5.74) is 9.47. The highest BCUT2D eigenvalue weighted by atomic mass is 16.6. The Balaban J connectivity index is 1.59. The van der Waals surface area contributed by atoms with Crippen LogP contribution in [0.15, 0.2) is 48.7 Å². The molecule has 126 valence electrons. The number of carbonyl (C=O) groups is 2. The minimum Gasteiger partial charge on any atom is -0.384 e. The number of anilines is 1. The summed E-state index contributed by atoms with van der Waals surface area (Å²) >= 11 is 0. The van der Waals surface area contributed by atoms with Crippen molar-refractivity contribution >= 4 is 17.8 Å². The fraction of sp³-hybridized carbons (Fsp3) is 0.188. The molecule has 1 aromatic heterocycles. The van der Waals surface area contributed by atoms with E-state index in [0.717, 1.165) is 11.1 Å². The van der Waals surface area contributed by atoms with Gasteiger partial charge < -0.3 is 16.4 Å². The number of benzene rings is 1. The molecular weight excluding hydrogens is 310 g/mol. The van der Waals surface area contributed by atoms with E-state index in [4.69, 9.17) is 10.6 Å². The second kappa shape index (κ2) is 9.11. The first-order valence-electron chi connectivity index (χ1n) is 7.30. The number of nitrogens with two attached hydrogens (primary N) is 1. The van der Waals surface area contributed by atoms with E-state index in [1.165, 1.54) is 0 Å². The molecule has 8 heteroatoms. The number of pyridine rings is 1. The molecule has 0 fully saturated rings. The van der Waals surface area contributed by atoms with Gasteiger partial charge in [0.1, 0.15) is 12.4 Å². The lowest BCUT2D eigenvalue weighted by Gasteiger charge is -2.08. The third kappa shape index (κ3) is 6.32. The molecule has 0 atom stereocenters. The fourth-order valence-electron chi connectivity index (χ4n) is 1.76. The lowest BCUT2D eigenvalue weighted by atomic mass is 10.2. The lowest BCUT2D eigenvalue weighted by molar-refractivity contribution is -0.133. The number of urea groups is 1. The summed E-state index contributed by atoms with van der Waals surface area (Å²) in [5, 5.41) is 5.03. The standard InChI is InChI=1S/C16H19N5O3/c17-14-7-6-13(8-18-14)9-19-16(23)20-10-15(22)21-24-11-12-4-2-1-3-5-12/h1-8H,9-11H2,(H2,17,18)(H,21,22)(H2,19,20,23). The first-order chi connectivity index (χ1) is 11.6. The lowest BCUT2D eigenvalue weighted by Crippen LogP contribution is -2.41. The van der Waals surface area contributed by atoms with Gasteiger partial charge in [-0.15, -0.1) is 0 Å². The number of hydrogen-bond acceptors (Lipinski definition) is 5. The Morgan fingerprint density at radius 2 is 1.83 bits per heavy atom. The summed E-state index contributed by atoms with van der Waals surface area (Å²) in [6.45, 7) is 0.342. The third-order valence-corrected chi connectivity index (χ3v) is 2.98. The molecule has 3 amide bonds. The van der Waals surface area contributed by atoms with Gasteiger partial charge in [0.25, 0.3) is 5.91 Å². The Morgan fingerprint density at radius 3 is 2.54 bits per heavy atom. The predicted octanol–water partition coefficient (Wildman–Crippen LogP) is 0.711. The summed E-state index contributed by atoms with van der Waals surface area (Å²) < 4.78 is 0. The molecule has 5 N–H and O–H groups in total. The Labute approximate surface area is 139 Å². The Hall–Kier alpha value is -3.13. The van der Waals surface area contributed by atoms with Crippen LogP contribution in [0.25, 0.3) is 0 Å². The van der Waals surface area contributed by atoms with Crippen molar-refractivity contribution in [2.45, 2.75) is 13.2 Å². The van der Waals surface area contributed by atoms with Crippen molar-refractivity contribution < 1.29 is 14.4 Å². The molecule has 24 heavy (non-hydrogen) atoms. The normalized spacial score (nSPS) is 10.0. The molecule has 0 aliphatic carbocycles. The van der Waals surface area contributed by atoms with E-state index in [2.05, 4.69) is 21.1 Å². The van der Waals surface area contributed by atoms with Gasteiger partial charge in [-0.1, -0.05) is 36.4 Å². The largest absolute Gasteiger partial charge is 0.384 e.